The van der Waals surface area contributed by atoms with E-state index in [9.17, 15) is 9.59 Å². The molecule has 29 heavy (non-hydrogen) atoms. The number of benzene rings is 1. The molecule has 0 saturated heterocycles. The Hall–Kier alpha value is -2.34. The fourth-order valence-corrected chi connectivity index (χ4v) is 3.92. The van der Waals surface area contributed by atoms with Crippen LogP contribution in [-0.2, 0) is 17.9 Å². The summed E-state index contributed by atoms with van der Waals surface area (Å²) in [4.78, 5) is 30.6. The van der Waals surface area contributed by atoms with Crippen molar-refractivity contribution in [3.8, 4) is 0 Å². The molecule has 2 aromatic rings. The lowest BCUT2D eigenvalue weighted by Crippen LogP contribution is -2.47. The van der Waals surface area contributed by atoms with Crippen molar-refractivity contribution >= 4 is 23.3 Å². The molecule has 1 fully saturated rings. The van der Waals surface area contributed by atoms with Gasteiger partial charge in [-0.25, -0.2) is 4.79 Å². The third-order valence-electron chi connectivity index (χ3n) is 5.09. The van der Waals surface area contributed by atoms with E-state index in [-0.39, 0.29) is 18.5 Å². The van der Waals surface area contributed by atoms with E-state index in [0.717, 1.165) is 36.1 Å². The van der Waals surface area contributed by atoms with Crippen LogP contribution in [0, 0.1) is 5.92 Å². The van der Waals surface area contributed by atoms with Gasteiger partial charge in [0, 0.05) is 24.5 Å². The predicted molar refractivity (Wildman–Crippen MR) is 118 cm³/mol. The van der Waals surface area contributed by atoms with E-state index in [4.69, 9.17) is 0 Å². The quantitative estimate of drug-likeness (QED) is 0.552. The third-order valence-corrected chi connectivity index (χ3v) is 5.95. The molecule has 3 rings (SSSR count). The van der Waals surface area contributed by atoms with Gasteiger partial charge >= 0.3 is 6.03 Å². The lowest BCUT2D eigenvalue weighted by Gasteiger charge is -2.28. The lowest BCUT2D eigenvalue weighted by molar-refractivity contribution is -0.133. The average molecular weight is 414 g/mol. The lowest BCUT2D eigenvalue weighted by atomic mass is 10.2. The number of carbonyl (C=O) groups is 2. The Labute approximate surface area is 177 Å². The molecule has 1 aromatic carbocycles. The largest absolute Gasteiger partial charge is 0.338 e. The van der Waals surface area contributed by atoms with E-state index < -0.39 is 0 Å². The normalized spacial score (nSPS) is 13.1. The Kier molecular flexibility index (Phi) is 8.11. The van der Waals surface area contributed by atoms with Crippen LogP contribution in [0.25, 0.3) is 0 Å². The van der Waals surface area contributed by atoms with Crippen LogP contribution < -0.4 is 5.32 Å². The molecule has 1 aromatic heterocycles. The second kappa shape index (κ2) is 11.0. The maximum absolute atomic E-state index is 13.2. The van der Waals surface area contributed by atoms with Gasteiger partial charge in [-0.05, 0) is 42.2 Å². The topological polar surface area (TPSA) is 52.7 Å². The van der Waals surface area contributed by atoms with Crippen molar-refractivity contribution < 1.29 is 9.59 Å². The monoisotopic (exact) mass is 413 g/mol. The van der Waals surface area contributed by atoms with Crippen LogP contribution in [0.2, 0.25) is 0 Å². The summed E-state index contributed by atoms with van der Waals surface area (Å²) in [6.45, 7) is 4.68. The number of carbonyl (C=O) groups excluding carboxylic acids is 2. The molecule has 0 radical (unpaired) electrons. The molecule has 0 bridgehead atoms. The minimum absolute atomic E-state index is 0.00598. The highest BCUT2D eigenvalue weighted by atomic mass is 32.1. The molecular weight excluding hydrogens is 382 g/mol. The highest BCUT2D eigenvalue weighted by Crippen LogP contribution is 2.29. The summed E-state index contributed by atoms with van der Waals surface area (Å²) in [5.41, 5.74) is 1.10. The van der Waals surface area contributed by atoms with Gasteiger partial charge in [-0.3, -0.25) is 4.79 Å². The fraction of sp³-hybridized carbons (Fsp3) is 0.478. The number of urea groups is 1. The molecule has 1 heterocycles. The van der Waals surface area contributed by atoms with E-state index in [0.29, 0.717) is 32.1 Å². The number of nitrogens with zero attached hydrogens (tertiary/aromatic N) is 2. The van der Waals surface area contributed by atoms with E-state index in [2.05, 4.69) is 18.3 Å². The smallest absolute Gasteiger partial charge is 0.317 e. The van der Waals surface area contributed by atoms with Crippen LogP contribution in [-0.4, -0.2) is 41.4 Å². The van der Waals surface area contributed by atoms with Crippen LogP contribution >= 0.6 is 11.3 Å². The van der Waals surface area contributed by atoms with Gasteiger partial charge in [0.2, 0.25) is 5.91 Å². The summed E-state index contributed by atoms with van der Waals surface area (Å²) in [7, 11) is 0. The number of rotatable bonds is 11. The van der Waals surface area contributed by atoms with Crippen LogP contribution in [0.5, 0.6) is 0 Å². The van der Waals surface area contributed by atoms with Crippen molar-refractivity contribution in [1.82, 2.24) is 15.1 Å². The predicted octanol–water partition coefficient (Wildman–Crippen LogP) is 4.50. The Morgan fingerprint density at radius 3 is 2.52 bits per heavy atom. The second-order valence-corrected chi connectivity index (χ2v) is 8.76. The van der Waals surface area contributed by atoms with E-state index >= 15 is 0 Å². The van der Waals surface area contributed by atoms with Crippen molar-refractivity contribution in [1.29, 1.82) is 0 Å². The number of nitrogens with one attached hydrogen (secondary N) is 1. The van der Waals surface area contributed by atoms with Gasteiger partial charge in [0.15, 0.2) is 0 Å². The number of unbranched alkanes of at least 4 members (excludes halogenated alkanes) is 1. The maximum Gasteiger partial charge on any atom is 0.317 e. The third kappa shape index (κ3) is 7.20. The van der Waals surface area contributed by atoms with Crippen LogP contribution in [0.3, 0.4) is 0 Å². The first-order valence-corrected chi connectivity index (χ1v) is 11.4. The first-order chi connectivity index (χ1) is 14.2. The highest BCUT2D eigenvalue weighted by molar-refractivity contribution is 7.09. The molecule has 1 aliphatic rings. The van der Waals surface area contributed by atoms with Gasteiger partial charge in [-0.15, -0.1) is 11.3 Å². The van der Waals surface area contributed by atoms with E-state index in [1.54, 1.807) is 16.2 Å². The molecule has 1 aliphatic carbocycles. The molecule has 0 unspecified atom stereocenters. The van der Waals surface area contributed by atoms with E-state index in [1.165, 1.54) is 0 Å². The molecule has 1 saturated carbocycles. The minimum atomic E-state index is -0.116. The molecule has 0 atom stereocenters. The van der Waals surface area contributed by atoms with Gasteiger partial charge in [0.25, 0.3) is 0 Å². The molecular formula is C23H31N3O2S. The summed E-state index contributed by atoms with van der Waals surface area (Å²) < 4.78 is 0. The molecule has 6 heteroatoms. The fourth-order valence-electron chi connectivity index (χ4n) is 3.21. The second-order valence-electron chi connectivity index (χ2n) is 7.72. The number of hydrogen-bond donors (Lipinski definition) is 1. The number of thiophene rings is 1. The highest BCUT2D eigenvalue weighted by Gasteiger charge is 2.29. The summed E-state index contributed by atoms with van der Waals surface area (Å²) in [6.07, 6.45) is 4.29. The first-order valence-electron chi connectivity index (χ1n) is 10.5. The standard InChI is InChI=1S/C23H31N3O2S/c1-2-3-13-24-23(28)26(16-20-11-12-20)18-22(27)25(17-21-10-7-14-29-21)15-19-8-5-4-6-9-19/h4-10,14,20H,2-3,11-13,15-18H2,1H3,(H,24,28). The summed E-state index contributed by atoms with van der Waals surface area (Å²) in [5, 5.41) is 5.00. The van der Waals surface area contributed by atoms with Gasteiger partial charge in [0.05, 0.1) is 6.54 Å². The van der Waals surface area contributed by atoms with Gasteiger partial charge in [-0.2, -0.15) is 0 Å². The van der Waals surface area contributed by atoms with Crippen LogP contribution in [0.1, 0.15) is 43.0 Å². The SMILES string of the molecule is CCCCNC(=O)N(CC(=O)N(Cc1ccccc1)Cc1cccs1)CC1CC1. The molecule has 5 nitrogen and oxygen atoms in total. The van der Waals surface area contributed by atoms with Gasteiger partial charge < -0.3 is 15.1 Å². The molecule has 0 aliphatic heterocycles. The Bertz CT molecular complexity index is 760. The Balaban J connectivity index is 1.67. The maximum atomic E-state index is 13.2. The van der Waals surface area contributed by atoms with Crippen molar-refractivity contribution in [3.05, 3.63) is 58.3 Å². The zero-order chi connectivity index (χ0) is 20.5. The summed E-state index contributed by atoms with van der Waals surface area (Å²) in [5.74, 6) is 0.535. The zero-order valence-corrected chi connectivity index (χ0v) is 18.0. The van der Waals surface area contributed by atoms with Crippen molar-refractivity contribution in [2.24, 2.45) is 5.92 Å². The van der Waals surface area contributed by atoms with Crippen molar-refractivity contribution in [3.63, 3.8) is 0 Å². The molecule has 0 spiro atoms. The Morgan fingerprint density at radius 1 is 1.07 bits per heavy atom. The van der Waals surface area contributed by atoms with Gasteiger partial charge in [0.1, 0.15) is 6.54 Å². The molecule has 156 valence electrons. The van der Waals surface area contributed by atoms with Crippen molar-refractivity contribution in [2.45, 2.75) is 45.7 Å². The number of amides is 3. The zero-order valence-electron chi connectivity index (χ0n) is 17.2. The summed E-state index contributed by atoms with van der Waals surface area (Å²) in [6, 6.07) is 14.0. The van der Waals surface area contributed by atoms with E-state index in [1.807, 2.05) is 46.7 Å². The Morgan fingerprint density at radius 2 is 1.86 bits per heavy atom. The average Bonchev–Trinajstić information content (AvgIpc) is 3.40. The summed E-state index contributed by atoms with van der Waals surface area (Å²) >= 11 is 1.65. The number of hydrogen-bond acceptors (Lipinski definition) is 3. The first kappa shape index (κ1) is 21.4. The van der Waals surface area contributed by atoms with Crippen LogP contribution in [0.4, 0.5) is 4.79 Å². The van der Waals surface area contributed by atoms with Crippen molar-refractivity contribution in [2.75, 3.05) is 19.6 Å². The van der Waals surface area contributed by atoms with Gasteiger partial charge in [-0.1, -0.05) is 49.7 Å². The minimum Gasteiger partial charge on any atom is -0.338 e. The molecule has 1 N–H and O–H groups in total. The van der Waals surface area contributed by atoms with Crippen LogP contribution in [0.15, 0.2) is 47.8 Å². The molecule has 3 amide bonds.